The van der Waals surface area contributed by atoms with Gasteiger partial charge in [0.15, 0.2) is 0 Å². The van der Waals surface area contributed by atoms with Gasteiger partial charge in [-0.1, -0.05) is 36.7 Å². The Morgan fingerprint density at radius 3 is 2.70 bits per heavy atom. The highest BCUT2D eigenvalue weighted by molar-refractivity contribution is 6.33. The second kappa shape index (κ2) is 6.20. The van der Waals surface area contributed by atoms with Gasteiger partial charge in [0.25, 0.3) is 5.56 Å². The Morgan fingerprint density at radius 2 is 2.10 bits per heavy atom. The van der Waals surface area contributed by atoms with Crippen LogP contribution in [-0.4, -0.2) is 9.78 Å². The molecule has 1 aromatic heterocycles. The highest BCUT2D eigenvalue weighted by Crippen LogP contribution is 2.26. The van der Waals surface area contributed by atoms with E-state index in [1.165, 1.54) is 4.68 Å². The van der Waals surface area contributed by atoms with Crippen LogP contribution in [-0.2, 0) is 6.54 Å². The molecule has 0 radical (unpaired) electrons. The zero-order valence-corrected chi connectivity index (χ0v) is 12.4. The number of hydrogen-bond donors (Lipinski definition) is 1. The average Bonchev–Trinajstić information content (AvgIpc) is 2.41. The molecule has 1 unspecified atom stereocenters. The smallest absolute Gasteiger partial charge is 0.271 e. The van der Waals surface area contributed by atoms with E-state index in [2.05, 4.69) is 5.10 Å². The Hall–Kier alpha value is -1.65. The Kier molecular flexibility index (Phi) is 4.57. The van der Waals surface area contributed by atoms with Gasteiger partial charge < -0.3 is 5.73 Å². The first-order valence-electron chi connectivity index (χ1n) is 6.67. The van der Waals surface area contributed by atoms with Gasteiger partial charge in [-0.15, -0.1) is 0 Å². The van der Waals surface area contributed by atoms with Gasteiger partial charge in [0.2, 0.25) is 0 Å². The maximum absolute atomic E-state index is 12.3. The van der Waals surface area contributed by atoms with E-state index in [0.717, 1.165) is 12.0 Å². The van der Waals surface area contributed by atoms with Gasteiger partial charge in [0.1, 0.15) is 0 Å². The van der Waals surface area contributed by atoms with E-state index in [0.29, 0.717) is 22.8 Å². The molecule has 5 heteroatoms. The first kappa shape index (κ1) is 14.8. The van der Waals surface area contributed by atoms with Crippen molar-refractivity contribution in [3.63, 3.8) is 0 Å². The summed E-state index contributed by atoms with van der Waals surface area (Å²) in [5.74, 6) is 0. The van der Waals surface area contributed by atoms with Crippen molar-refractivity contribution in [1.82, 2.24) is 9.78 Å². The quantitative estimate of drug-likeness (QED) is 0.942. The highest BCUT2D eigenvalue weighted by atomic mass is 35.5. The van der Waals surface area contributed by atoms with E-state index in [1.54, 1.807) is 19.1 Å². The summed E-state index contributed by atoms with van der Waals surface area (Å²) in [5, 5.41) is 5.01. The summed E-state index contributed by atoms with van der Waals surface area (Å²) in [5.41, 5.74) is 7.81. The third-order valence-electron chi connectivity index (χ3n) is 3.08. The van der Waals surface area contributed by atoms with Gasteiger partial charge >= 0.3 is 0 Å². The molecule has 1 atom stereocenters. The Balaban J connectivity index is 2.65. The van der Waals surface area contributed by atoms with Gasteiger partial charge in [-0.25, -0.2) is 4.68 Å². The van der Waals surface area contributed by atoms with Crippen LogP contribution >= 0.6 is 11.6 Å². The molecule has 20 heavy (non-hydrogen) atoms. The first-order chi connectivity index (χ1) is 9.54. The Bertz CT molecular complexity index is 664. The molecule has 0 aliphatic heterocycles. The number of aromatic nitrogens is 2. The molecule has 0 amide bonds. The van der Waals surface area contributed by atoms with Crippen LogP contribution in [0.4, 0.5) is 0 Å². The van der Waals surface area contributed by atoms with Gasteiger partial charge in [-0.05, 0) is 25.5 Å². The number of nitrogens with two attached hydrogens (primary N) is 1. The van der Waals surface area contributed by atoms with Crippen LogP contribution in [0.3, 0.4) is 0 Å². The summed E-state index contributed by atoms with van der Waals surface area (Å²) < 4.78 is 1.47. The van der Waals surface area contributed by atoms with E-state index in [9.17, 15) is 4.79 Å². The molecular weight excluding hydrogens is 274 g/mol. The molecule has 106 valence electrons. The molecule has 0 saturated heterocycles. The maximum Gasteiger partial charge on any atom is 0.271 e. The predicted molar refractivity (Wildman–Crippen MR) is 81.8 cm³/mol. The summed E-state index contributed by atoms with van der Waals surface area (Å²) in [6.07, 6.45) is 0.831. The maximum atomic E-state index is 12.3. The Labute approximate surface area is 123 Å². The van der Waals surface area contributed by atoms with Crippen molar-refractivity contribution in [2.45, 2.75) is 32.9 Å². The van der Waals surface area contributed by atoms with E-state index in [1.807, 2.05) is 25.1 Å². The Morgan fingerprint density at radius 1 is 1.40 bits per heavy atom. The van der Waals surface area contributed by atoms with Crippen molar-refractivity contribution in [3.8, 4) is 11.3 Å². The molecule has 0 saturated carbocycles. The lowest BCUT2D eigenvalue weighted by Gasteiger charge is -2.12. The number of aryl methyl sites for hydroxylation is 1. The molecule has 1 heterocycles. The van der Waals surface area contributed by atoms with Crippen LogP contribution < -0.4 is 11.3 Å². The third kappa shape index (κ3) is 2.92. The SMILES string of the molecule is CCCn1nc(-c2ccccc2Cl)cc(C(C)N)c1=O. The molecule has 0 aliphatic rings. The fourth-order valence-electron chi connectivity index (χ4n) is 2.05. The number of hydrogen-bond acceptors (Lipinski definition) is 3. The molecule has 1 aromatic carbocycles. The van der Waals surface area contributed by atoms with E-state index in [4.69, 9.17) is 17.3 Å². The zero-order chi connectivity index (χ0) is 14.7. The first-order valence-corrected chi connectivity index (χ1v) is 7.05. The molecule has 0 spiro atoms. The summed E-state index contributed by atoms with van der Waals surface area (Å²) in [6, 6.07) is 8.84. The number of benzene rings is 1. The molecule has 0 aliphatic carbocycles. The fourth-order valence-corrected chi connectivity index (χ4v) is 2.29. The molecule has 0 fully saturated rings. The topological polar surface area (TPSA) is 60.9 Å². The third-order valence-corrected chi connectivity index (χ3v) is 3.41. The van der Waals surface area contributed by atoms with E-state index in [-0.39, 0.29) is 11.6 Å². The van der Waals surface area contributed by atoms with Crippen molar-refractivity contribution in [3.05, 3.63) is 51.3 Å². The lowest BCUT2D eigenvalue weighted by atomic mass is 10.1. The van der Waals surface area contributed by atoms with Gasteiger partial charge in [-0.2, -0.15) is 5.10 Å². The van der Waals surface area contributed by atoms with Crippen LogP contribution in [0.25, 0.3) is 11.3 Å². The lowest BCUT2D eigenvalue weighted by Crippen LogP contribution is -2.29. The van der Waals surface area contributed by atoms with Crippen molar-refractivity contribution >= 4 is 11.6 Å². The standard InChI is InChI=1S/C15H18ClN3O/c1-3-8-19-15(20)12(10(2)17)9-14(18-19)11-6-4-5-7-13(11)16/h4-7,9-10H,3,8,17H2,1-2H3. The summed E-state index contributed by atoms with van der Waals surface area (Å²) in [7, 11) is 0. The molecular formula is C15H18ClN3O. The zero-order valence-electron chi connectivity index (χ0n) is 11.6. The number of rotatable bonds is 4. The second-order valence-electron chi connectivity index (χ2n) is 4.78. The fraction of sp³-hybridized carbons (Fsp3) is 0.333. The largest absolute Gasteiger partial charge is 0.324 e. The summed E-state index contributed by atoms with van der Waals surface area (Å²) in [6.45, 7) is 4.36. The monoisotopic (exact) mass is 291 g/mol. The van der Waals surface area contributed by atoms with Crippen LogP contribution in [0.1, 0.15) is 31.9 Å². The van der Waals surface area contributed by atoms with Gasteiger partial charge in [0, 0.05) is 23.7 Å². The highest BCUT2D eigenvalue weighted by Gasteiger charge is 2.14. The predicted octanol–water partition coefficient (Wildman–Crippen LogP) is 2.99. The summed E-state index contributed by atoms with van der Waals surface area (Å²) in [4.78, 5) is 12.3. The van der Waals surface area contributed by atoms with Gasteiger partial charge in [0.05, 0.1) is 10.7 Å². The van der Waals surface area contributed by atoms with Gasteiger partial charge in [-0.3, -0.25) is 4.79 Å². The van der Waals surface area contributed by atoms with Crippen LogP contribution in [0, 0.1) is 0 Å². The van der Waals surface area contributed by atoms with E-state index >= 15 is 0 Å². The van der Waals surface area contributed by atoms with Crippen LogP contribution in [0.15, 0.2) is 35.1 Å². The number of halogens is 1. The molecule has 0 bridgehead atoms. The summed E-state index contributed by atoms with van der Waals surface area (Å²) >= 11 is 6.20. The average molecular weight is 292 g/mol. The molecule has 2 N–H and O–H groups in total. The minimum Gasteiger partial charge on any atom is -0.324 e. The minimum absolute atomic E-state index is 0.127. The molecule has 2 aromatic rings. The molecule has 2 rings (SSSR count). The van der Waals surface area contributed by atoms with Crippen molar-refractivity contribution in [2.24, 2.45) is 5.73 Å². The van der Waals surface area contributed by atoms with Crippen molar-refractivity contribution < 1.29 is 0 Å². The number of nitrogens with zero attached hydrogens (tertiary/aromatic N) is 2. The molecule has 4 nitrogen and oxygen atoms in total. The normalized spacial score (nSPS) is 12.4. The lowest BCUT2D eigenvalue weighted by molar-refractivity contribution is 0.559. The van der Waals surface area contributed by atoms with Crippen LogP contribution in [0.5, 0.6) is 0 Å². The van der Waals surface area contributed by atoms with Crippen molar-refractivity contribution in [1.29, 1.82) is 0 Å². The van der Waals surface area contributed by atoms with Crippen molar-refractivity contribution in [2.75, 3.05) is 0 Å². The van der Waals surface area contributed by atoms with Crippen LogP contribution in [0.2, 0.25) is 5.02 Å². The second-order valence-corrected chi connectivity index (χ2v) is 5.19. The van der Waals surface area contributed by atoms with E-state index < -0.39 is 0 Å². The minimum atomic E-state index is -0.338.